The maximum Gasteiger partial charge on any atom is 0.407 e. The van der Waals surface area contributed by atoms with Gasteiger partial charge in [0.25, 0.3) is 0 Å². The van der Waals surface area contributed by atoms with Gasteiger partial charge in [-0.3, -0.25) is 14.1 Å². The summed E-state index contributed by atoms with van der Waals surface area (Å²) in [6.45, 7) is 2.31. The summed E-state index contributed by atoms with van der Waals surface area (Å²) in [6, 6.07) is 16.2. The van der Waals surface area contributed by atoms with Crippen molar-refractivity contribution in [3.63, 3.8) is 0 Å². The first kappa shape index (κ1) is 28.3. The van der Waals surface area contributed by atoms with Gasteiger partial charge in [-0.25, -0.2) is 14.8 Å². The number of rotatable bonds is 9. The third-order valence-electron chi connectivity index (χ3n) is 7.65. The van der Waals surface area contributed by atoms with Crippen LogP contribution in [0.4, 0.5) is 10.5 Å². The average molecular weight is 626 g/mol. The number of amides is 2. The lowest BCUT2D eigenvalue weighted by molar-refractivity contribution is -0.130. The predicted octanol–water partition coefficient (Wildman–Crippen LogP) is 4.35. The molecule has 4 aromatic rings. The summed E-state index contributed by atoms with van der Waals surface area (Å²) in [6.07, 6.45) is 0.161. The minimum absolute atomic E-state index is 0.207. The van der Waals surface area contributed by atoms with Crippen LogP contribution in [0, 0.1) is 6.92 Å². The van der Waals surface area contributed by atoms with E-state index in [1.54, 1.807) is 29.2 Å². The van der Waals surface area contributed by atoms with Gasteiger partial charge in [0.15, 0.2) is 0 Å². The number of aromatic nitrogens is 2. The Balaban J connectivity index is 1.34. The number of nitrogens with one attached hydrogen (secondary N) is 2. The van der Waals surface area contributed by atoms with Crippen molar-refractivity contribution in [2.75, 3.05) is 18.4 Å². The number of carbonyl (C=O) groups excluding carboxylic acids is 2. The summed E-state index contributed by atoms with van der Waals surface area (Å²) in [4.78, 5) is 38.0. The molecule has 1 saturated carbocycles. The minimum Gasteiger partial charge on any atom is -0.453 e. The number of alkyl carbamates (subject to hydrolysis) is 1. The molecule has 3 N–H and O–H groups in total. The zero-order chi connectivity index (χ0) is 29.7. The van der Waals surface area contributed by atoms with Crippen LogP contribution in [0.5, 0.6) is 0 Å². The van der Waals surface area contributed by atoms with Crippen LogP contribution in [-0.2, 0) is 31.8 Å². The zero-order valence-electron chi connectivity index (χ0n) is 22.6. The molecule has 2 amide bonds. The predicted molar refractivity (Wildman–Crippen MR) is 159 cm³/mol. The molecule has 218 valence electrons. The van der Waals surface area contributed by atoms with Gasteiger partial charge in [-0.1, -0.05) is 42.5 Å². The quantitative estimate of drug-likeness (QED) is 0.184. The Morgan fingerprint density at radius 2 is 1.83 bits per heavy atom. The molecule has 6 rings (SSSR count). The van der Waals surface area contributed by atoms with Crippen LogP contribution in [0.2, 0.25) is 0 Å². The Morgan fingerprint density at radius 1 is 1.10 bits per heavy atom. The molecule has 2 unspecified atom stereocenters. The van der Waals surface area contributed by atoms with Crippen molar-refractivity contribution in [1.82, 2.24) is 20.2 Å². The molecule has 2 aliphatic rings. The fourth-order valence-electron chi connectivity index (χ4n) is 5.45. The molecule has 3 atom stereocenters. The number of methoxy groups -OCH3 is 1. The Bertz CT molecular complexity index is 1760. The summed E-state index contributed by atoms with van der Waals surface area (Å²) in [5.41, 5.74) is 1.54. The van der Waals surface area contributed by atoms with Gasteiger partial charge < -0.3 is 15.0 Å². The van der Waals surface area contributed by atoms with E-state index >= 15 is 0 Å². The number of ether oxygens (including phenoxy) is 1. The number of aryl methyl sites for hydroxylation is 1. The van der Waals surface area contributed by atoms with Crippen molar-refractivity contribution in [2.45, 2.75) is 36.8 Å². The van der Waals surface area contributed by atoms with Gasteiger partial charge in [-0.2, -0.15) is 8.42 Å². The number of hydrogen-bond donors (Lipinski definition) is 3. The summed E-state index contributed by atoms with van der Waals surface area (Å²) in [5.74, 6) is -0.427. The van der Waals surface area contributed by atoms with Gasteiger partial charge in [0, 0.05) is 23.1 Å². The van der Waals surface area contributed by atoms with Gasteiger partial charge in [0.2, 0.25) is 5.91 Å². The van der Waals surface area contributed by atoms with Crippen LogP contribution >= 0.6 is 22.7 Å². The third kappa shape index (κ3) is 5.38. The molecule has 42 heavy (non-hydrogen) atoms. The van der Waals surface area contributed by atoms with Crippen molar-refractivity contribution in [3.8, 4) is 10.7 Å². The Hall–Kier alpha value is -3.85. The number of hydrogen-bond acceptors (Lipinski definition) is 9. The highest BCUT2D eigenvalue weighted by molar-refractivity contribution is 7.87. The smallest absolute Gasteiger partial charge is 0.407 e. The molecule has 2 aromatic carbocycles. The third-order valence-corrected chi connectivity index (χ3v) is 9.78. The van der Waals surface area contributed by atoms with E-state index in [4.69, 9.17) is 14.3 Å². The van der Waals surface area contributed by atoms with Crippen molar-refractivity contribution < 1.29 is 27.3 Å². The van der Waals surface area contributed by atoms with E-state index in [0.717, 1.165) is 26.8 Å². The Labute approximate surface area is 250 Å². The zero-order valence-corrected chi connectivity index (χ0v) is 25.1. The lowest BCUT2D eigenvalue weighted by atomic mass is 9.95. The van der Waals surface area contributed by atoms with Gasteiger partial charge in [0.05, 0.1) is 30.0 Å². The monoisotopic (exact) mass is 625 g/mol. The first-order valence-electron chi connectivity index (χ1n) is 13.0. The van der Waals surface area contributed by atoms with E-state index in [1.807, 2.05) is 52.7 Å². The van der Waals surface area contributed by atoms with Crippen LogP contribution in [-0.4, -0.2) is 59.0 Å². The lowest BCUT2D eigenvalue weighted by Crippen LogP contribution is -2.48. The number of nitrogens with zero attached hydrogens (tertiary/aromatic N) is 3. The summed E-state index contributed by atoms with van der Waals surface area (Å²) in [7, 11) is -3.14. The Kier molecular flexibility index (Phi) is 7.04. The van der Waals surface area contributed by atoms with Gasteiger partial charge in [0.1, 0.15) is 21.8 Å². The molecule has 11 nitrogen and oxygen atoms in total. The van der Waals surface area contributed by atoms with E-state index in [-0.39, 0.29) is 17.5 Å². The molecule has 1 saturated heterocycles. The standard InChI is InChI=1S/C28H27N5O6S3/c1-17-29-22(14-40-17)24-30-23(15-41-24)27(12-18-8-10-20(11-9-18)32-42(36,37)38)16-33(27)25(34)28(31-26(35)39-2)13-21(28)19-6-4-3-5-7-19/h3-11,14-15,21,32H,12-13,16H2,1-2H3,(H,31,35)(H,36,37,38)/t21-,27?,28?,33?/m1/s1. The topological polar surface area (TPSA) is 151 Å². The number of carbonyl (C=O) groups is 2. The van der Waals surface area contributed by atoms with E-state index in [9.17, 15) is 18.0 Å². The van der Waals surface area contributed by atoms with E-state index in [0.29, 0.717) is 25.1 Å². The van der Waals surface area contributed by atoms with Crippen LogP contribution in [0.25, 0.3) is 10.7 Å². The van der Waals surface area contributed by atoms with E-state index in [2.05, 4.69) is 10.3 Å². The van der Waals surface area contributed by atoms with E-state index < -0.39 is 27.5 Å². The largest absolute Gasteiger partial charge is 0.453 e. The number of thiazole rings is 2. The SMILES string of the molecule is COC(=O)NC1(C(=O)N2CC2(Cc2ccc(NS(=O)(=O)O)cc2)c2csc(-c3csc(C)n3)n2)C[C@@H]1c1ccccc1. The van der Waals surface area contributed by atoms with Crippen molar-refractivity contribution in [3.05, 3.63) is 87.2 Å². The fourth-order valence-corrected chi connectivity index (χ4v) is 7.43. The van der Waals surface area contributed by atoms with Gasteiger partial charge in [-0.05, 0) is 36.6 Å². The maximum absolute atomic E-state index is 14.3. The fraction of sp³-hybridized carbons (Fsp3) is 0.286. The number of benzene rings is 2. The second kappa shape index (κ2) is 10.5. The first-order chi connectivity index (χ1) is 20.0. The Morgan fingerprint density at radius 3 is 2.48 bits per heavy atom. The van der Waals surface area contributed by atoms with Gasteiger partial charge in [-0.15, -0.1) is 22.7 Å². The summed E-state index contributed by atoms with van der Waals surface area (Å²) < 4.78 is 38.5. The second-order valence-corrected chi connectivity index (χ2v) is 13.5. The maximum atomic E-state index is 14.3. The van der Waals surface area contributed by atoms with E-state index in [1.165, 1.54) is 29.8 Å². The average Bonchev–Trinajstić information content (AvgIpc) is 3.71. The van der Waals surface area contributed by atoms with Crippen molar-refractivity contribution >= 4 is 50.7 Å². The van der Waals surface area contributed by atoms with Crippen LogP contribution in [0.3, 0.4) is 0 Å². The molecule has 1 aliphatic carbocycles. The number of anilines is 1. The molecule has 14 heteroatoms. The van der Waals surface area contributed by atoms with Crippen LogP contribution in [0.1, 0.15) is 34.2 Å². The van der Waals surface area contributed by atoms with Crippen LogP contribution < -0.4 is 10.0 Å². The minimum atomic E-state index is -4.41. The van der Waals surface area contributed by atoms with Crippen molar-refractivity contribution in [2.24, 2.45) is 0 Å². The highest BCUT2D eigenvalue weighted by Gasteiger charge is 2.69. The molecular formula is C28H27N5O6S3. The molecule has 0 spiro atoms. The highest BCUT2D eigenvalue weighted by Crippen LogP contribution is 2.57. The highest BCUT2D eigenvalue weighted by atomic mass is 32.2. The van der Waals surface area contributed by atoms with Crippen LogP contribution in [0.15, 0.2) is 65.4 Å². The summed E-state index contributed by atoms with van der Waals surface area (Å²) >= 11 is 2.99. The van der Waals surface area contributed by atoms with Crippen molar-refractivity contribution in [1.29, 1.82) is 0 Å². The molecule has 2 fully saturated rings. The first-order valence-corrected chi connectivity index (χ1v) is 16.2. The molecule has 1 aliphatic heterocycles. The molecular weight excluding hydrogens is 599 g/mol. The molecule has 0 radical (unpaired) electrons. The normalized spacial score (nSPS) is 22.8. The summed E-state index contributed by atoms with van der Waals surface area (Å²) in [5, 5.41) is 8.40. The lowest BCUT2D eigenvalue weighted by Gasteiger charge is -2.23. The van der Waals surface area contributed by atoms with Gasteiger partial charge >= 0.3 is 16.4 Å². The second-order valence-electron chi connectivity index (χ2n) is 10.4. The molecule has 3 heterocycles. The molecule has 2 aromatic heterocycles. The molecule has 0 bridgehead atoms.